The van der Waals surface area contributed by atoms with Crippen molar-refractivity contribution in [3.8, 4) is 0 Å². The van der Waals surface area contributed by atoms with Crippen LogP contribution in [0.5, 0.6) is 0 Å². The SMILES string of the molecule is Cc1ccc(NC(=S)NCc2ccc(F)cc2)cc1F. The second-order valence-electron chi connectivity index (χ2n) is 4.40. The molecule has 0 radical (unpaired) electrons. The third-order valence-corrected chi connectivity index (χ3v) is 3.04. The molecule has 2 nitrogen and oxygen atoms in total. The van der Waals surface area contributed by atoms with Crippen LogP contribution >= 0.6 is 12.2 Å². The van der Waals surface area contributed by atoms with E-state index >= 15 is 0 Å². The Hall–Kier alpha value is -2.01. The molecule has 0 fully saturated rings. The highest BCUT2D eigenvalue weighted by atomic mass is 32.1. The van der Waals surface area contributed by atoms with E-state index in [1.54, 1.807) is 31.2 Å². The van der Waals surface area contributed by atoms with E-state index in [4.69, 9.17) is 12.2 Å². The summed E-state index contributed by atoms with van der Waals surface area (Å²) in [4.78, 5) is 0. The number of hydrogen-bond acceptors (Lipinski definition) is 1. The Labute approximate surface area is 121 Å². The third-order valence-electron chi connectivity index (χ3n) is 2.80. The fourth-order valence-electron chi connectivity index (χ4n) is 1.63. The van der Waals surface area contributed by atoms with Gasteiger partial charge in [0.1, 0.15) is 11.6 Å². The first-order valence-electron chi connectivity index (χ1n) is 6.10. The van der Waals surface area contributed by atoms with Crippen molar-refractivity contribution < 1.29 is 8.78 Å². The Kier molecular flexibility index (Phi) is 4.63. The molecule has 2 aromatic carbocycles. The fraction of sp³-hybridized carbons (Fsp3) is 0.133. The van der Waals surface area contributed by atoms with Crippen molar-refractivity contribution in [1.29, 1.82) is 0 Å². The molecule has 0 spiro atoms. The molecule has 2 rings (SSSR count). The number of nitrogens with one attached hydrogen (secondary N) is 2. The monoisotopic (exact) mass is 292 g/mol. The van der Waals surface area contributed by atoms with Crippen LogP contribution in [0.2, 0.25) is 0 Å². The summed E-state index contributed by atoms with van der Waals surface area (Å²) < 4.78 is 26.1. The average Bonchev–Trinajstić information content (AvgIpc) is 2.42. The van der Waals surface area contributed by atoms with Crippen LogP contribution in [0.4, 0.5) is 14.5 Å². The van der Waals surface area contributed by atoms with Gasteiger partial charge in [0, 0.05) is 12.2 Å². The summed E-state index contributed by atoms with van der Waals surface area (Å²) in [6, 6.07) is 11.0. The predicted molar refractivity (Wildman–Crippen MR) is 80.6 cm³/mol. The first kappa shape index (κ1) is 14.4. The molecule has 0 aromatic heterocycles. The van der Waals surface area contributed by atoms with Crippen LogP contribution in [0.25, 0.3) is 0 Å². The first-order valence-corrected chi connectivity index (χ1v) is 6.51. The van der Waals surface area contributed by atoms with Gasteiger partial charge in [-0.3, -0.25) is 0 Å². The van der Waals surface area contributed by atoms with Crippen LogP contribution in [0.3, 0.4) is 0 Å². The van der Waals surface area contributed by atoms with Crippen molar-refractivity contribution in [2.75, 3.05) is 5.32 Å². The van der Waals surface area contributed by atoms with E-state index in [1.807, 2.05) is 0 Å². The lowest BCUT2D eigenvalue weighted by atomic mass is 10.2. The molecule has 20 heavy (non-hydrogen) atoms. The van der Waals surface area contributed by atoms with Crippen molar-refractivity contribution in [1.82, 2.24) is 5.32 Å². The van der Waals surface area contributed by atoms with Crippen molar-refractivity contribution in [2.45, 2.75) is 13.5 Å². The Morgan fingerprint density at radius 2 is 1.80 bits per heavy atom. The van der Waals surface area contributed by atoms with Crippen LogP contribution < -0.4 is 10.6 Å². The van der Waals surface area contributed by atoms with Gasteiger partial charge >= 0.3 is 0 Å². The molecular weight excluding hydrogens is 278 g/mol. The molecular formula is C15H14F2N2S. The minimum absolute atomic E-state index is 0.274. The molecule has 2 N–H and O–H groups in total. The maximum Gasteiger partial charge on any atom is 0.171 e. The van der Waals surface area contributed by atoms with Gasteiger partial charge in [0.25, 0.3) is 0 Å². The number of thiocarbonyl (C=S) groups is 1. The van der Waals surface area contributed by atoms with Crippen molar-refractivity contribution in [3.05, 3.63) is 65.2 Å². The first-order chi connectivity index (χ1) is 9.54. The Morgan fingerprint density at radius 1 is 1.10 bits per heavy atom. The van der Waals surface area contributed by atoms with Crippen LogP contribution in [0, 0.1) is 18.6 Å². The van der Waals surface area contributed by atoms with E-state index in [2.05, 4.69) is 10.6 Å². The van der Waals surface area contributed by atoms with Gasteiger partial charge in [-0.05, 0) is 54.5 Å². The molecule has 0 saturated carbocycles. The van der Waals surface area contributed by atoms with E-state index in [9.17, 15) is 8.78 Å². The topological polar surface area (TPSA) is 24.1 Å². The number of rotatable bonds is 3. The summed E-state index contributed by atoms with van der Waals surface area (Å²) in [7, 11) is 0. The zero-order valence-corrected chi connectivity index (χ0v) is 11.7. The van der Waals surface area contributed by atoms with Gasteiger partial charge in [0.15, 0.2) is 5.11 Å². The quantitative estimate of drug-likeness (QED) is 0.842. The molecule has 0 unspecified atom stereocenters. The molecule has 5 heteroatoms. The summed E-state index contributed by atoms with van der Waals surface area (Å²) >= 11 is 5.12. The molecule has 0 aliphatic carbocycles. The van der Waals surface area contributed by atoms with Gasteiger partial charge in [0.05, 0.1) is 0 Å². The van der Waals surface area contributed by atoms with Crippen molar-refractivity contribution in [3.63, 3.8) is 0 Å². The zero-order valence-electron chi connectivity index (χ0n) is 10.9. The maximum atomic E-state index is 13.4. The Bertz CT molecular complexity index is 612. The standard InChI is InChI=1S/C15H14F2N2S/c1-10-2-7-13(8-14(10)17)19-15(20)18-9-11-3-5-12(16)6-4-11/h2-8H,9H2,1H3,(H2,18,19,20). The van der Waals surface area contributed by atoms with E-state index in [0.717, 1.165) is 5.56 Å². The summed E-state index contributed by atoms with van der Waals surface area (Å²) in [5.41, 5.74) is 2.08. The number of anilines is 1. The Balaban J connectivity index is 1.89. The fourth-order valence-corrected chi connectivity index (χ4v) is 1.82. The number of aryl methyl sites for hydroxylation is 1. The molecule has 0 amide bonds. The van der Waals surface area contributed by atoms with Crippen LogP contribution in [0.15, 0.2) is 42.5 Å². The summed E-state index contributed by atoms with van der Waals surface area (Å²) in [6.45, 7) is 2.17. The number of benzene rings is 2. The summed E-state index contributed by atoms with van der Waals surface area (Å²) in [6.07, 6.45) is 0. The average molecular weight is 292 g/mol. The van der Waals surface area contributed by atoms with Crippen LogP contribution in [0.1, 0.15) is 11.1 Å². The molecule has 104 valence electrons. The molecule has 0 aliphatic rings. The molecule has 0 atom stereocenters. The van der Waals surface area contributed by atoms with Gasteiger partial charge < -0.3 is 10.6 Å². The smallest absolute Gasteiger partial charge is 0.171 e. The third kappa shape index (κ3) is 3.99. The summed E-state index contributed by atoms with van der Waals surface area (Å²) in [5, 5.41) is 6.26. The minimum atomic E-state index is -0.281. The molecule has 0 aliphatic heterocycles. The van der Waals surface area contributed by atoms with Gasteiger partial charge in [-0.25, -0.2) is 8.78 Å². The lowest BCUT2D eigenvalue weighted by Crippen LogP contribution is -2.27. The highest BCUT2D eigenvalue weighted by molar-refractivity contribution is 7.80. The predicted octanol–water partition coefficient (Wildman–Crippen LogP) is 3.76. The minimum Gasteiger partial charge on any atom is -0.358 e. The molecule has 2 aromatic rings. The number of hydrogen-bond donors (Lipinski definition) is 2. The van der Waals surface area contributed by atoms with E-state index in [0.29, 0.717) is 22.9 Å². The highest BCUT2D eigenvalue weighted by Gasteiger charge is 2.02. The maximum absolute atomic E-state index is 13.4. The van der Waals surface area contributed by atoms with E-state index in [-0.39, 0.29) is 11.6 Å². The van der Waals surface area contributed by atoms with Gasteiger partial charge in [-0.15, -0.1) is 0 Å². The summed E-state index contributed by atoms with van der Waals surface area (Å²) in [5.74, 6) is -0.555. The molecule has 0 heterocycles. The van der Waals surface area contributed by atoms with Crippen molar-refractivity contribution >= 4 is 23.0 Å². The van der Waals surface area contributed by atoms with Gasteiger partial charge in [0.2, 0.25) is 0 Å². The lowest BCUT2D eigenvalue weighted by Gasteiger charge is -2.11. The molecule has 0 saturated heterocycles. The van der Waals surface area contributed by atoms with Crippen LogP contribution in [-0.2, 0) is 6.54 Å². The lowest BCUT2D eigenvalue weighted by molar-refractivity contribution is 0.619. The largest absolute Gasteiger partial charge is 0.358 e. The highest BCUT2D eigenvalue weighted by Crippen LogP contribution is 2.13. The normalized spacial score (nSPS) is 10.2. The van der Waals surface area contributed by atoms with Crippen LogP contribution in [-0.4, -0.2) is 5.11 Å². The Morgan fingerprint density at radius 3 is 2.45 bits per heavy atom. The van der Waals surface area contributed by atoms with Gasteiger partial charge in [-0.1, -0.05) is 18.2 Å². The zero-order chi connectivity index (χ0) is 14.5. The van der Waals surface area contributed by atoms with Crippen molar-refractivity contribution in [2.24, 2.45) is 0 Å². The molecule has 0 bridgehead atoms. The van der Waals surface area contributed by atoms with E-state index < -0.39 is 0 Å². The van der Waals surface area contributed by atoms with E-state index in [1.165, 1.54) is 18.2 Å². The number of halogens is 2. The second kappa shape index (κ2) is 6.43. The van der Waals surface area contributed by atoms with Gasteiger partial charge in [-0.2, -0.15) is 0 Å². The second-order valence-corrected chi connectivity index (χ2v) is 4.81.